The highest BCUT2D eigenvalue weighted by molar-refractivity contribution is 5.73. The Morgan fingerprint density at radius 3 is 2.67 bits per heavy atom. The lowest BCUT2D eigenvalue weighted by Gasteiger charge is -2.12. The first-order valence-corrected chi connectivity index (χ1v) is 4.88. The van der Waals surface area contributed by atoms with Gasteiger partial charge in [-0.1, -0.05) is 25.1 Å². The third-order valence-electron chi connectivity index (χ3n) is 2.24. The summed E-state index contributed by atoms with van der Waals surface area (Å²) in [4.78, 5) is 10.7. The van der Waals surface area contributed by atoms with Gasteiger partial charge in [-0.05, 0) is 12.5 Å². The zero-order chi connectivity index (χ0) is 11.3. The molecule has 15 heavy (non-hydrogen) atoms. The first kappa shape index (κ1) is 11.5. The number of aliphatic carboxylic acids is 1. The van der Waals surface area contributed by atoms with E-state index in [9.17, 15) is 9.90 Å². The average Bonchev–Trinajstić information content (AvgIpc) is 2.21. The number of hydrogen-bond acceptors (Lipinski definition) is 3. The molecule has 3 N–H and O–H groups in total. The molecule has 1 unspecified atom stereocenters. The number of aromatic hydroxyl groups is 1. The summed E-state index contributed by atoms with van der Waals surface area (Å²) in [6.07, 6.45) is 0.517. The molecule has 0 aromatic heterocycles. The minimum atomic E-state index is -0.868. The van der Waals surface area contributed by atoms with E-state index in [-0.39, 0.29) is 5.75 Å². The van der Waals surface area contributed by atoms with Crippen molar-refractivity contribution in [2.75, 3.05) is 0 Å². The Hall–Kier alpha value is -1.55. The molecule has 0 spiro atoms. The third kappa shape index (κ3) is 3.25. The van der Waals surface area contributed by atoms with E-state index in [0.29, 0.717) is 18.5 Å². The van der Waals surface area contributed by atoms with E-state index in [2.05, 4.69) is 5.32 Å². The Balaban J connectivity index is 2.56. The molecule has 4 heteroatoms. The molecule has 0 aliphatic carbocycles. The summed E-state index contributed by atoms with van der Waals surface area (Å²) in [5, 5.41) is 21.1. The van der Waals surface area contributed by atoms with Crippen molar-refractivity contribution in [2.45, 2.75) is 25.9 Å². The molecular formula is C11H15NO3. The van der Waals surface area contributed by atoms with Crippen LogP contribution >= 0.6 is 0 Å². The minimum absolute atomic E-state index is 0.185. The van der Waals surface area contributed by atoms with Crippen LogP contribution in [0.3, 0.4) is 0 Å². The molecule has 82 valence electrons. The van der Waals surface area contributed by atoms with Gasteiger partial charge in [0.15, 0.2) is 0 Å². The van der Waals surface area contributed by atoms with E-state index in [1.165, 1.54) is 0 Å². The van der Waals surface area contributed by atoms with Gasteiger partial charge in [-0.15, -0.1) is 0 Å². The number of carbonyl (C=O) groups is 1. The predicted molar refractivity (Wildman–Crippen MR) is 56.7 cm³/mol. The zero-order valence-electron chi connectivity index (χ0n) is 8.60. The molecule has 0 amide bonds. The van der Waals surface area contributed by atoms with Crippen LogP contribution in [0.15, 0.2) is 24.3 Å². The van der Waals surface area contributed by atoms with Crippen LogP contribution in [0, 0.1) is 0 Å². The Labute approximate surface area is 88.6 Å². The fourth-order valence-corrected chi connectivity index (χ4v) is 1.30. The topological polar surface area (TPSA) is 69.6 Å². The summed E-state index contributed by atoms with van der Waals surface area (Å²) in [6, 6.07) is 6.31. The maximum atomic E-state index is 10.7. The second-order valence-electron chi connectivity index (χ2n) is 3.31. The van der Waals surface area contributed by atoms with Crippen molar-refractivity contribution in [1.29, 1.82) is 0 Å². The van der Waals surface area contributed by atoms with Gasteiger partial charge in [-0.3, -0.25) is 4.79 Å². The lowest BCUT2D eigenvalue weighted by molar-refractivity contribution is -0.139. The van der Waals surface area contributed by atoms with Gasteiger partial charge in [0, 0.05) is 12.1 Å². The Morgan fingerprint density at radius 2 is 2.13 bits per heavy atom. The molecule has 1 atom stereocenters. The number of phenols is 1. The first-order valence-electron chi connectivity index (χ1n) is 4.88. The summed E-state index contributed by atoms with van der Waals surface area (Å²) >= 11 is 0. The molecule has 0 radical (unpaired) electrons. The SMILES string of the molecule is CCC(NCc1ccccc1O)C(=O)O. The summed E-state index contributed by atoms with van der Waals surface area (Å²) in [6.45, 7) is 2.16. The van der Waals surface area contributed by atoms with E-state index >= 15 is 0 Å². The summed E-state index contributed by atoms with van der Waals surface area (Å²) in [7, 11) is 0. The highest BCUT2D eigenvalue weighted by atomic mass is 16.4. The van der Waals surface area contributed by atoms with Crippen LogP contribution in [0.1, 0.15) is 18.9 Å². The molecule has 4 nitrogen and oxygen atoms in total. The molecule has 0 aliphatic heterocycles. The molecule has 0 bridgehead atoms. The largest absolute Gasteiger partial charge is 0.508 e. The molecule has 1 rings (SSSR count). The Kier molecular flexibility index (Phi) is 4.12. The standard InChI is InChI=1S/C11H15NO3/c1-2-9(11(14)15)12-7-8-5-3-4-6-10(8)13/h3-6,9,12-13H,2,7H2,1H3,(H,14,15). The van der Waals surface area contributed by atoms with Crippen molar-refractivity contribution in [3.8, 4) is 5.75 Å². The van der Waals surface area contributed by atoms with Crippen LogP contribution in [0.2, 0.25) is 0 Å². The third-order valence-corrected chi connectivity index (χ3v) is 2.24. The molecule has 0 aliphatic rings. The number of para-hydroxylation sites is 1. The normalized spacial score (nSPS) is 12.3. The van der Waals surface area contributed by atoms with Gasteiger partial charge in [-0.25, -0.2) is 0 Å². The van der Waals surface area contributed by atoms with Crippen LogP contribution < -0.4 is 5.32 Å². The van der Waals surface area contributed by atoms with Gasteiger partial charge in [0.1, 0.15) is 11.8 Å². The number of phenolic OH excluding ortho intramolecular Hbond substituents is 1. The van der Waals surface area contributed by atoms with Gasteiger partial charge in [0.2, 0.25) is 0 Å². The second kappa shape index (κ2) is 5.36. The maximum absolute atomic E-state index is 10.7. The molecular weight excluding hydrogens is 194 g/mol. The Bertz CT molecular complexity index is 338. The lowest BCUT2D eigenvalue weighted by atomic mass is 10.1. The monoisotopic (exact) mass is 209 g/mol. The number of rotatable bonds is 5. The predicted octanol–water partition coefficient (Wildman–Crippen LogP) is 1.34. The van der Waals surface area contributed by atoms with Crippen LogP contribution in [0.5, 0.6) is 5.75 Å². The number of hydrogen-bond donors (Lipinski definition) is 3. The highest BCUT2D eigenvalue weighted by Gasteiger charge is 2.14. The highest BCUT2D eigenvalue weighted by Crippen LogP contribution is 2.15. The number of carboxylic acids is 1. The summed E-state index contributed by atoms with van der Waals surface area (Å²) < 4.78 is 0. The molecule has 0 saturated heterocycles. The maximum Gasteiger partial charge on any atom is 0.320 e. The number of benzene rings is 1. The smallest absolute Gasteiger partial charge is 0.320 e. The van der Waals surface area contributed by atoms with Gasteiger partial charge >= 0.3 is 5.97 Å². The van der Waals surface area contributed by atoms with Crippen LogP contribution in [-0.4, -0.2) is 22.2 Å². The fraction of sp³-hybridized carbons (Fsp3) is 0.364. The molecule has 1 aromatic rings. The van der Waals surface area contributed by atoms with Crippen LogP contribution in [0.25, 0.3) is 0 Å². The molecule has 0 fully saturated rings. The molecule has 0 saturated carbocycles. The first-order chi connectivity index (χ1) is 7.15. The fourth-order valence-electron chi connectivity index (χ4n) is 1.30. The van der Waals surface area contributed by atoms with E-state index in [1.54, 1.807) is 31.2 Å². The number of nitrogens with one attached hydrogen (secondary N) is 1. The van der Waals surface area contributed by atoms with Gasteiger partial charge in [0.25, 0.3) is 0 Å². The quantitative estimate of drug-likeness (QED) is 0.684. The Morgan fingerprint density at radius 1 is 1.47 bits per heavy atom. The van der Waals surface area contributed by atoms with Crippen molar-refractivity contribution >= 4 is 5.97 Å². The van der Waals surface area contributed by atoms with Gasteiger partial charge < -0.3 is 15.5 Å². The van der Waals surface area contributed by atoms with Crippen molar-refractivity contribution in [3.63, 3.8) is 0 Å². The van der Waals surface area contributed by atoms with E-state index in [0.717, 1.165) is 0 Å². The van der Waals surface area contributed by atoms with Gasteiger partial charge in [0.05, 0.1) is 0 Å². The van der Waals surface area contributed by atoms with Crippen molar-refractivity contribution < 1.29 is 15.0 Å². The van der Waals surface area contributed by atoms with Crippen LogP contribution in [0.4, 0.5) is 0 Å². The van der Waals surface area contributed by atoms with Crippen molar-refractivity contribution in [2.24, 2.45) is 0 Å². The van der Waals surface area contributed by atoms with Crippen molar-refractivity contribution in [3.05, 3.63) is 29.8 Å². The van der Waals surface area contributed by atoms with Crippen molar-refractivity contribution in [1.82, 2.24) is 5.32 Å². The van der Waals surface area contributed by atoms with E-state index < -0.39 is 12.0 Å². The lowest BCUT2D eigenvalue weighted by Crippen LogP contribution is -2.35. The van der Waals surface area contributed by atoms with Crippen LogP contribution in [-0.2, 0) is 11.3 Å². The molecule has 0 heterocycles. The van der Waals surface area contributed by atoms with Gasteiger partial charge in [-0.2, -0.15) is 0 Å². The van der Waals surface area contributed by atoms with E-state index in [1.807, 2.05) is 0 Å². The zero-order valence-corrected chi connectivity index (χ0v) is 8.60. The summed E-state index contributed by atoms with van der Waals surface area (Å²) in [5.74, 6) is -0.682. The summed E-state index contributed by atoms with van der Waals surface area (Å²) in [5.41, 5.74) is 0.706. The van der Waals surface area contributed by atoms with E-state index in [4.69, 9.17) is 5.11 Å². The minimum Gasteiger partial charge on any atom is -0.508 e. The second-order valence-corrected chi connectivity index (χ2v) is 3.31. The molecule has 1 aromatic carbocycles. The average molecular weight is 209 g/mol. The number of carboxylic acid groups (broad SMARTS) is 1.